The molecule has 3 heteroatoms. The molecule has 0 aliphatic rings. The first-order chi connectivity index (χ1) is 5.79. The van der Waals surface area contributed by atoms with E-state index in [1.165, 1.54) is 0 Å². The number of thiol groups is 1. The number of benzene rings is 1. The second-order valence-corrected chi connectivity index (χ2v) is 2.68. The molecule has 0 saturated heterocycles. The highest BCUT2D eigenvalue weighted by Gasteiger charge is 2.06. The Morgan fingerprint density at radius 2 is 2.17 bits per heavy atom. The van der Waals surface area contributed by atoms with Gasteiger partial charge in [0, 0.05) is 5.56 Å². The largest absolute Gasteiger partial charge is 0.299 e. The fourth-order valence-corrected chi connectivity index (χ4v) is 1.23. The van der Waals surface area contributed by atoms with Crippen LogP contribution < -0.4 is 4.72 Å². The third-order valence-corrected chi connectivity index (χ3v) is 1.95. The highest BCUT2D eigenvalue weighted by Crippen LogP contribution is 2.08. The molecule has 0 heterocycles. The molecule has 1 aromatic carbocycles. The Hall–Kier alpha value is -0.960. The summed E-state index contributed by atoms with van der Waals surface area (Å²) in [6, 6.07) is 7.51. The van der Waals surface area contributed by atoms with Crippen molar-refractivity contribution in [2.24, 2.45) is 0 Å². The van der Waals surface area contributed by atoms with Gasteiger partial charge in [0.15, 0.2) is 0 Å². The minimum Gasteiger partial charge on any atom is -0.299 e. The van der Waals surface area contributed by atoms with Gasteiger partial charge in [0.25, 0.3) is 5.91 Å². The van der Waals surface area contributed by atoms with Gasteiger partial charge in [-0.15, -0.1) is 0 Å². The Morgan fingerprint density at radius 1 is 1.50 bits per heavy atom. The summed E-state index contributed by atoms with van der Waals surface area (Å²) in [7, 11) is 0. The lowest BCUT2D eigenvalue weighted by atomic mass is 10.1. The molecule has 0 atom stereocenters. The molecule has 0 aromatic heterocycles. The molecular formula is C9H11NOS. The first kappa shape index (κ1) is 9.13. The lowest BCUT2D eigenvalue weighted by Crippen LogP contribution is -2.14. The van der Waals surface area contributed by atoms with Crippen molar-refractivity contribution in [3.05, 3.63) is 35.4 Å². The number of carbonyl (C=O) groups excluding carboxylic acids is 1. The lowest BCUT2D eigenvalue weighted by molar-refractivity contribution is 0.0984. The molecule has 0 aliphatic heterocycles. The van der Waals surface area contributed by atoms with Crippen LogP contribution in [0.25, 0.3) is 0 Å². The van der Waals surface area contributed by atoms with E-state index in [9.17, 15) is 4.79 Å². The second kappa shape index (κ2) is 4.16. The topological polar surface area (TPSA) is 29.1 Å². The number of amides is 1. The third-order valence-electron chi connectivity index (χ3n) is 1.74. The molecule has 0 radical (unpaired) electrons. The van der Waals surface area contributed by atoms with Crippen LogP contribution in [-0.4, -0.2) is 5.91 Å². The summed E-state index contributed by atoms with van der Waals surface area (Å²) in [6.07, 6.45) is 0.859. The van der Waals surface area contributed by atoms with Gasteiger partial charge < -0.3 is 0 Å². The van der Waals surface area contributed by atoms with E-state index >= 15 is 0 Å². The van der Waals surface area contributed by atoms with Gasteiger partial charge in [0.2, 0.25) is 0 Å². The summed E-state index contributed by atoms with van der Waals surface area (Å²) in [4.78, 5) is 11.2. The molecule has 0 saturated carbocycles. The lowest BCUT2D eigenvalue weighted by Gasteiger charge is -2.04. The third kappa shape index (κ3) is 1.80. The first-order valence-electron chi connectivity index (χ1n) is 3.82. The number of aryl methyl sites for hydroxylation is 1. The van der Waals surface area contributed by atoms with E-state index in [1.54, 1.807) is 6.07 Å². The number of carbonyl (C=O) groups is 1. The number of nitrogens with one attached hydrogen (secondary N) is 1. The summed E-state index contributed by atoms with van der Waals surface area (Å²) < 4.78 is 2.31. The van der Waals surface area contributed by atoms with E-state index in [2.05, 4.69) is 17.5 Å². The van der Waals surface area contributed by atoms with Gasteiger partial charge in [-0.05, 0) is 18.1 Å². The highest BCUT2D eigenvalue weighted by atomic mass is 32.1. The summed E-state index contributed by atoms with van der Waals surface area (Å²) in [6.45, 7) is 2.02. The molecule has 12 heavy (non-hydrogen) atoms. The van der Waals surface area contributed by atoms with Crippen molar-refractivity contribution >= 4 is 18.7 Å². The SMILES string of the molecule is CCc1ccccc1C(=O)NS. The maximum atomic E-state index is 11.2. The predicted octanol–water partition coefficient (Wildman–Crippen LogP) is 1.82. The Labute approximate surface area is 77.5 Å². The fourth-order valence-electron chi connectivity index (χ4n) is 1.11. The van der Waals surface area contributed by atoms with Crippen LogP contribution in [0.1, 0.15) is 22.8 Å². The van der Waals surface area contributed by atoms with E-state index in [4.69, 9.17) is 0 Å². The molecule has 64 valence electrons. The molecule has 1 amide bonds. The molecule has 0 aliphatic carbocycles. The fraction of sp³-hybridized carbons (Fsp3) is 0.222. The molecule has 0 fully saturated rings. The molecule has 0 unspecified atom stereocenters. The van der Waals surface area contributed by atoms with Gasteiger partial charge in [0.05, 0.1) is 0 Å². The zero-order chi connectivity index (χ0) is 8.97. The van der Waals surface area contributed by atoms with Crippen molar-refractivity contribution in [3.8, 4) is 0 Å². The van der Waals surface area contributed by atoms with Crippen LogP contribution in [0.5, 0.6) is 0 Å². The molecule has 2 nitrogen and oxygen atoms in total. The summed E-state index contributed by atoms with van der Waals surface area (Å²) in [5.74, 6) is -0.143. The van der Waals surface area contributed by atoms with Crippen molar-refractivity contribution in [2.45, 2.75) is 13.3 Å². The maximum Gasteiger partial charge on any atom is 0.261 e. The van der Waals surface area contributed by atoms with E-state index < -0.39 is 0 Å². The Morgan fingerprint density at radius 3 is 2.75 bits per heavy atom. The van der Waals surface area contributed by atoms with Crippen molar-refractivity contribution in [1.29, 1.82) is 0 Å². The summed E-state index contributed by atoms with van der Waals surface area (Å²) in [5, 5.41) is 0. The Kier molecular flexibility index (Phi) is 3.17. The monoisotopic (exact) mass is 181 g/mol. The second-order valence-electron chi connectivity index (χ2n) is 2.45. The molecule has 1 N–H and O–H groups in total. The van der Waals surface area contributed by atoms with Crippen LogP contribution in [0.2, 0.25) is 0 Å². The van der Waals surface area contributed by atoms with E-state index in [0.717, 1.165) is 12.0 Å². The van der Waals surface area contributed by atoms with Crippen molar-refractivity contribution < 1.29 is 4.79 Å². The minimum absolute atomic E-state index is 0.143. The molecule has 0 bridgehead atoms. The average Bonchev–Trinajstić information content (AvgIpc) is 2.16. The molecule has 1 aromatic rings. The van der Waals surface area contributed by atoms with Crippen molar-refractivity contribution in [2.75, 3.05) is 0 Å². The minimum atomic E-state index is -0.143. The van der Waals surface area contributed by atoms with E-state index in [1.807, 2.05) is 25.1 Å². The van der Waals surface area contributed by atoms with Crippen LogP contribution in [0.3, 0.4) is 0 Å². The first-order valence-corrected chi connectivity index (χ1v) is 4.26. The van der Waals surface area contributed by atoms with Crippen LogP contribution >= 0.6 is 12.8 Å². The Balaban J connectivity index is 3.04. The van der Waals surface area contributed by atoms with Gasteiger partial charge in [0.1, 0.15) is 0 Å². The van der Waals surface area contributed by atoms with E-state index in [0.29, 0.717) is 5.56 Å². The Bertz CT molecular complexity index is 286. The van der Waals surface area contributed by atoms with Gasteiger partial charge >= 0.3 is 0 Å². The van der Waals surface area contributed by atoms with E-state index in [-0.39, 0.29) is 5.91 Å². The van der Waals surface area contributed by atoms with Crippen LogP contribution in [0.4, 0.5) is 0 Å². The maximum absolute atomic E-state index is 11.2. The van der Waals surface area contributed by atoms with Gasteiger partial charge in [-0.3, -0.25) is 9.52 Å². The standard InChI is InChI=1S/C9H11NOS/c1-2-7-5-3-4-6-8(7)9(11)10-12/h3-6,12H,2H2,1H3,(H,10,11). The van der Waals surface area contributed by atoms with Crippen LogP contribution in [-0.2, 0) is 6.42 Å². The van der Waals surface area contributed by atoms with Gasteiger partial charge in [-0.25, -0.2) is 0 Å². The van der Waals surface area contributed by atoms with Crippen LogP contribution in [0.15, 0.2) is 24.3 Å². The number of hydrogen-bond donors (Lipinski definition) is 2. The van der Waals surface area contributed by atoms with Crippen molar-refractivity contribution in [3.63, 3.8) is 0 Å². The summed E-state index contributed by atoms with van der Waals surface area (Å²) in [5.41, 5.74) is 1.75. The molecule has 0 spiro atoms. The van der Waals surface area contributed by atoms with Gasteiger partial charge in [-0.2, -0.15) is 0 Å². The van der Waals surface area contributed by atoms with Gasteiger partial charge in [-0.1, -0.05) is 37.9 Å². The predicted molar refractivity (Wildman–Crippen MR) is 52.3 cm³/mol. The normalized spacial score (nSPS) is 9.50. The zero-order valence-corrected chi connectivity index (χ0v) is 7.77. The molecular weight excluding hydrogens is 170 g/mol. The quantitative estimate of drug-likeness (QED) is 0.669. The zero-order valence-electron chi connectivity index (χ0n) is 6.87. The smallest absolute Gasteiger partial charge is 0.261 e. The highest BCUT2D eigenvalue weighted by molar-refractivity contribution is 7.78. The summed E-state index contributed by atoms with van der Waals surface area (Å²) >= 11 is 3.71. The van der Waals surface area contributed by atoms with Crippen LogP contribution in [0, 0.1) is 0 Å². The number of rotatable bonds is 2. The number of hydrogen-bond acceptors (Lipinski definition) is 2. The molecule has 1 rings (SSSR count). The average molecular weight is 181 g/mol. The van der Waals surface area contributed by atoms with Crippen molar-refractivity contribution in [1.82, 2.24) is 4.72 Å².